The second-order valence-corrected chi connectivity index (χ2v) is 7.61. The van der Waals surface area contributed by atoms with E-state index in [9.17, 15) is 19.7 Å². The molecular formula is C20H17ClN2O4. The van der Waals surface area contributed by atoms with Gasteiger partial charge in [-0.1, -0.05) is 44.5 Å². The van der Waals surface area contributed by atoms with Crippen LogP contribution in [0.3, 0.4) is 0 Å². The molecule has 0 fully saturated rings. The third kappa shape index (κ3) is 3.36. The summed E-state index contributed by atoms with van der Waals surface area (Å²) in [6.45, 7) is 6.21. The lowest BCUT2D eigenvalue weighted by atomic mass is 9.87. The number of nitro benzene ring substituents is 1. The smallest absolute Gasteiger partial charge is 0.268 e. The molecule has 0 saturated heterocycles. The molecule has 0 aliphatic carbocycles. The number of rotatable bonds is 3. The highest BCUT2D eigenvalue weighted by atomic mass is 35.5. The van der Waals surface area contributed by atoms with Crippen molar-refractivity contribution in [3.63, 3.8) is 0 Å². The average Bonchev–Trinajstić information content (AvgIpc) is 2.83. The van der Waals surface area contributed by atoms with E-state index in [0.717, 1.165) is 10.5 Å². The van der Waals surface area contributed by atoms with Crippen LogP contribution in [-0.4, -0.2) is 16.7 Å². The Morgan fingerprint density at radius 1 is 0.926 bits per heavy atom. The largest absolute Gasteiger partial charge is 0.277 e. The Morgan fingerprint density at radius 3 is 1.96 bits per heavy atom. The fourth-order valence-corrected chi connectivity index (χ4v) is 3.12. The van der Waals surface area contributed by atoms with Gasteiger partial charge in [-0.2, -0.15) is 0 Å². The molecule has 2 aromatic carbocycles. The van der Waals surface area contributed by atoms with Gasteiger partial charge in [-0.3, -0.25) is 19.7 Å². The minimum absolute atomic E-state index is 0.0384. The summed E-state index contributed by atoms with van der Waals surface area (Å²) in [4.78, 5) is 36.7. The molecule has 2 aromatic rings. The Labute approximate surface area is 161 Å². The van der Waals surface area contributed by atoms with E-state index in [4.69, 9.17) is 11.6 Å². The van der Waals surface area contributed by atoms with Crippen LogP contribution >= 0.6 is 11.6 Å². The van der Waals surface area contributed by atoms with Gasteiger partial charge in [-0.25, -0.2) is 4.90 Å². The van der Waals surface area contributed by atoms with Crippen molar-refractivity contribution in [2.75, 3.05) is 4.90 Å². The lowest BCUT2D eigenvalue weighted by molar-refractivity contribution is -0.384. The molecule has 3 rings (SSSR count). The molecule has 1 aliphatic rings. The maximum atomic E-state index is 12.9. The SMILES string of the molecule is CC(C)(C)c1ccc(N2C(=O)C(Cl)=C(c3ccc([N+](=O)[O-])cc3)C2=O)cc1. The van der Waals surface area contributed by atoms with Gasteiger partial charge in [0.1, 0.15) is 5.03 Å². The van der Waals surface area contributed by atoms with E-state index in [0.29, 0.717) is 11.3 Å². The first-order chi connectivity index (χ1) is 12.6. The number of hydrogen-bond acceptors (Lipinski definition) is 4. The highest BCUT2D eigenvalue weighted by Crippen LogP contribution is 2.36. The number of nitrogens with zero attached hydrogens (tertiary/aromatic N) is 2. The van der Waals surface area contributed by atoms with Crippen LogP contribution in [0.1, 0.15) is 31.9 Å². The number of amides is 2. The summed E-state index contributed by atoms with van der Waals surface area (Å²) in [6.07, 6.45) is 0. The monoisotopic (exact) mass is 384 g/mol. The lowest BCUT2D eigenvalue weighted by Crippen LogP contribution is -2.31. The number of benzene rings is 2. The van der Waals surface area contributed by atoms with Crippen LogP contribution in [0.25, 0.3) is 5.57 Å². The Hall–Kier alpha value is -2.99. The average molecular weight is 385 g/mol. The van der Waals surface area contributed by atoms with Crippen LogP contribution < -0.4 is 4.90 Å². The van der Waals surface area contributed by atoms with Gasteiger partial charge in [0, 0.05) is 12.1 Å². The van der Waals surface area contributed by atoms with Crippen molar-refractivity contribution in [2.24, 2.45) is 0 Å². The molecular weight excluding hydrogens is 368 g/mol. The molecule has 7 heteroatoms. The molecule has 0 unspecified atom stereocenters. The lowest BCUT2D eigenvalue weighted by Gasteiger charge is -2.21. The zero-order chi connectivity index (χ0) is 19.9. The first-order valence-electron chi connectivity index (χ1n) is 8.25. The quantitative estimate of drug-likeness (QED) is 0.445. The minimum atomic E-state index is -0.612. The predicted molar refractivity (Wildman–Crippen MR) is 104 cm³/mol. The summed E-state index contributed by atoms with van der Waals surface area (Å²) in [5.41, 5.74) is 1.72. The molecule has 0 radical (unpaired) electrons. The molecule has 27 heavy (non-hydrogen) atoms. The number of anilines is 1. The van der Waals surface area contributed by atoms with Gasteiger partial charge in [0.05, 0.1) is 16.2 Å². The van der Waals surface area contributed by atoms with Crippen LogP contribution in [0.2, 0.25) is 0 Å². The first kappa shape index (κ1) is 18.8. The summed E-state index contributed by atoms with van der Waals surface area (Å²) in [7, 11) is 0. The molecule has 6 nitrogen and oxygen atoms in total. The number of non-ortho nitro benzene ring substituents is 1. The molecule has 2 amide bonds. The number of imide groups is 1. The normalized spacial score (nSPS) is 14.9. The molecule has 0 bridgehead atoms. The van der Waals surface area contributed by atoms with Crippen molar-refractivity contribution < 1.29 is 14.5 Å². The number of halogens is 1. The summed E-state index contributed by atoms with van der Waals surface area (Å²) >= 11 is 6.14. The van der Waals surface area contributed by atoms with E-state index in [2.05, 4.69) is 20.8 Å². The molecule has 138 valence electrons. The first-order valence-corrected chi connectivity index (χ1v) is 8.63. The van der Waals surface area contributed by atoms with Crippen molar-refractivity contribution in [3.8, 4) is 0 Å². The molecule has 0 saturated carbocycles. The zero-order valence-corrected chi connectivity index (χ0v) is 15.8. The van der Waals surface area contributed by atoms with Crippen LogP contribution in [0, 0.1) is 10.1 Å². The van der Waals surface area contributed by atoms with Crippen LogP contribution in [0.5, 0.6) is 0 Å². The van der Waals surface area contributed by atoms with Crippen molar-refractivity contribution in [1.82, 2.24) is 0 Å². The molecule has 0 aromatic heterocycles. The van der Waals surface area contributed by atoms with Crippen LogP contribution in [0.4, 0.5) is 11.4 Å². The van der Waals surface area contributed by atoms with Gasteiger partial charge in [0.15, 0.2) is 0 Å². The fraction of sp³-hybridized carbons (Fsp3) is 0.200. The maximum Gasteiger partial charge on any atom is 0.277 e. The van der Waals surface area contributed by atoms with Gasteiger partial charge in [-0.15, -0.1) is 0 Å². The fourth-order valence-electron chi connectivity index (χ4n) is 2.85. The van der Waals surface area contributed by atoms with Crippen molar-refractivity contribution >= 4 is 40.4 Å². The van der Waals surface area contributed by atoms with Gasteiger partial charge in [0.2, 0.25) is 0 Å². The summed E-state index contributed by atoms with van der Waals surface area (Å²) in [5.74, 6) is -1.17. The number of nitro groups is 1. The maximum absolute atomic E-state index is 12.9. The van der Waals surface area contributed by atoms with Gasteiger partial charge < -0.3 is 0 Å². The van der Waals surface area contributed by atoms with Gasteiger partial charge in [-0.05, 0) is 40.8 Å². The Morgan fingerprint density at radius 2 is 1.48 bits per heavy atom. The molecule has 1 aliphatic heterocycles. The topological polar surface area (TPSA) is 80.5 Å². The zero-order valence-electron chi connectivity index (χ0n) is 15.0. The number of hydrogen-bond donors (Lipinski definition) is 0. The van der Waals surface area contributed by atoms with E-state index in [1.165, 1.54) is 24.3 Å². The predicted octanol–water partition coefficient (Wildman–Crippen LogP) is 4.42. The molecule has 0 atom stereocenters. The molecule has 1 heterocycles. The minimum Gasteiger partial charge on any atom is -0.268 e. The summed E-state index contributed by atoms with van der Waals surface area (Å²) < 4.78 is 0. The van der Waals surface area contributed by atoms with Crippen molar-refractivity contribution in [2.45, 2.75) is 26.2 Å². The standard InChI is InChI=1S/C20H17ClN2O4/c1-20(2,3)13-6-10-14(11-7-13)22-18(24)16(17(21)19(22)25)12-4-8-15(9-5-12)23(26)27/h4-11H,1-3H3. The Balaban J connectivity index is 1.95. The van der Waals surface area contributed by atoms with E-state index in [-0.39, 0.29) is 21.7 Å². The Kier molecular flexibility index (Phi) is 4.61. The highest BCUT2D eigenvalue weighted by molar-refractivity contribution is 6.60. The third-order valence-corrected chi connectivity index (χ3v) is 4.74. The third-order valence-electron chi connectivity index (χ3n) is 4.39. The van der Waals surface area contributed by atoms with Crippen molar-refractivity contribution in [1.29, 1.82) is 0 Å². The summed E-state index contributed by atoms with van der Waals surface area (Å²) in [5, 5.41) is 10.6. The van der Waals surface area contributed by atoms with Crippen LogP contribution in [-0.2, 0) is 15.0 Å². The van der Waals surface area contributed by atoms with E-state index >= 15 is 0 Å². The van der Waals surface area contributed by atoms with E-state index < -0.39 is 16.7 Å². The molecule has 0 N–H and O–H groups in total. The van der Waals surface area contributed by atoms with Crippen molar-refractivity contribution in [3.05, 3.63) is 74.8 Å². The second-order valence-electron chi connectivity index (χ2n) is 7.24. The molecule has 0 spiro atoms. The van der Waals surface area contributed by atoms with Gasteiger partial charge in [0.25, 0.3) is 17.5 Å². The van der Waals surface area contributed by atoms with Crippen LogP contribution in [0.15, 0.2) is 53.6 Å². The number of carbonyl (C=O) groups is 2. The summed E-state index contributed by atoms with van der Waals surface area (Å²) in [6, 6.07) is 12.5. The van der Waals surface area contributed by atoms with Gasteiger partial charge >= 0.3 is 0 Å². The number of carbonyl (C=O) groups excluding carboxylic acids is 2. The van der Waals surface area contributed by atoms with E-state index in [1.807, 2.05) is 12.1 Å². The highest BCUT2D eigenvalue weighted by Gasteiger charge is 2.39. The Bertz CT molecular complexity index is 971. The second kappa shape index (κ2) is 6.63. The van der Waals surface area contributed by atoms with E-state index in [1.54, 1.807) is 12.1 Å².